The summed E-state index contributed by atoms with van der Waals surface area (Å²) in [6, 6.07) is 0.589. The molecule has 1 aliphatic heterocycles. The summed E-state index contributed by atoms with van der Waals surface area (Å²) >= 11 is 0. The quantitative estimate of drug-likeness (QED) is 0.764. The molecule has 2 fully saturated rings. The Morgan fingerprint density at radius 1 is 1.33 bits per heavy atom. The maximum absolute atomic E-state index is 6.03. The first kappa shape index (κ1) is 14.3. The van der Waals surface area contributed by atoms with Gasteiger partial charge in [-0.15, -0.1) is 0 Å². The molecule has 1 saturated carbocycles. The van der Waals surface area contributed by atoms with Crippen LogP contribution < -0.4 is 11.1 Å². The summed E-state index contributed by atoms with van der Waals surface area (Å²) in [6.45, 7) is 6.18. The van der Waals surface area contributed by atoms with Gasteiger partial charge in [0.2, 0.25) is 0 Å². The van der Waals surface area contributed by atoms with Crippen molar-refractivity contribution in [2.75, 3.05) is 26.3 Å². The van der Waals surface area contributed by atoms with E-state index in [0.29, 0.717) is 17.4 Å². The number of ether oxygens (including phenoxy) is 1. The maximum Gasteiger partial charge on any atom is 0.0509 e. The first-order valence-corrected chi connectivity index (χ1v) is 7.77. The highest BCUT2D eigenvalue weighted by Gasteiger charge is 2.30. The number of nitrogens with two attached hydrogens (primary N) is 1. The highest BCUT2D eigenvalue weighted by molar-refractivity contribution is 4.85. The summed E-state index contributed by atoms with van der Waals surface area (Å²) in [5.41, 5.74) is 6.47. The molecule has 106 valence electrons. The van der Waals surface area contributed by atoms with Crippen molar-refractivity contribution in [3.8, 4) is 0 Å². The molecule has 2 atom stereocenters. The van der Waals surface area contributed by atoms with E-state index in [-0.39, 0.29) is 0 Å². The Kier molecular flexibility index (Phi) is 5.46. The molecule has 2 unspecified atom stereocenters. The van der Waals surface area contributed by atoms with E-state index < -0.39 is 0 Å². The molecule has 0 spiro atoms. The summed E-state index contributed by atoms with van der Waals surface area (Å²) in [6.07, 6.45) is 9.31. The Balaban J connectivity index is 1.69. The standard InChI is InChI=1S/C15H30N2O/c1-13(14-5-10-18-11-14)17-9-8-15(12-16)6-3-2-4-7-15/h13-14,17H,2-12,16H2,1H3. The lowest BCUT2D eigenvalue weighted by molar-refractivity contribution is 0.167. The second-order valence-corrected chi connectivity index (χ2v) is 6.38. The van der Waals surface area contributed by atoms with Crippen molar-refractivity contribution < 1.29 is 4.74 Å². The van der Waals surface area contributed by atoms with E-state index in [1.807, 2.05) is 0 Å². The van der Waals surface area contributed by atoms with Gasteiger partial charge in [0.25, 0.3) is 0 Å². The Morgan fingerprint density at radius 2 is 2.11 bits per heavy atom. The second-order valence-electron chi connectivity index (χ2n) is 6.38. The summed E-state index contributed by atoms with van der Waals surface area (Å²) in [5.74, 6) is 0.713. The highest BCUT2D eigenvalue weighted by Crippen LogP contribution is 2.38. The second kappa shape index (κ2) is 6.88. The Bertz CT molecular complexity index is 233. The molecule has 0 bridgehead atoms. The lowest BCUT2D eigenvalue weighted by Crippen LogP contribution is -2.40. The van der Waals surface area contributed by atoms with Gasteiger partial charge < -0.3 is 15.8 Å². The molecule has 0 aromatic rings. The minimum absolute atomic E-state index is 0.442. The lowest BCUT2D eigenvalue weighted by atomic mass is 9.72. The first-order valence-electron chi connectivity index (χ1n) is 7.77. The molecule has 0 radical (unpaired) electrons. The summed E-state index contributed by atoms with van der Waals surface area (Å²) in [5, 5.41) is 3.70. The van der Waals surface area contributed by atoms with Crippen molar-refractivity contribution in [3.05, 3.63) is 0 Å². The Labute approximate surface area is 112 Å². The van der Waals surface area contributed by atoms with Crippen LogP contribution in [0.4, 0.5) is 0 Å². The third kappa shape index (κ3) is 3.69. The SMILES string of the molecule is CC(NCCC1(CN)CCCCC1)C1CCOC1. The predicted molar refractivity (Wildman–Crippen MR) is 75.6 cm³/mol. The Hall–Kier alpha value is -0.120. The van der Waals surface area contributed by atoms with Crippen LogP contribution in [-0.4, -0.2) is 32.3 Å². The lowest BCUT2D eigenvalue weighted by Gasteiger charge is -2.37. The zero-order chi connectivity index (χ0) is 12.8. The topological polar surface area (TPSA) is 47.3 Å². The van der Waals surface area contributed by atoms with Crippen molar-refractivity contribution in [2.24, 2.45) is 17.1 Å². The van der Waals surface area contributed by atoms with Crippen LogP contribution in [0.1, 0.15) is 51.9 Å². The van der Waals surface area contributed by atoms with Crippen LogP contribution in [-0.2, 0) is 4.74 Å². The van der Waals surface area contributed by atoms with E-state index >= 15 is 0 Å². The van der Waals surface area contributed by atoms with Crippen LogP contribution >= 0.6 is 0 Å². The van der Waals surface area contributed by atoms with E-state index in [2.05, 4.69) is 12.2 Å². The smallest absolute Gasteiger partial charge is 0.0509 e. The number of hydrogen-bond acceptors (Lipinski definition) is 3. The number of rotatable bonds is 6. The van der Waals surface area contributed by atoms with Crippen molar-refractivity contribution in [1.29, 1.82) is 0 Å². The van der Waals surface area contributed by atoms with Gasteiger partial charge >= 0.3 is 0 Å². The third-order valence-electron chi connectivity index (χ3n) is 5.14. The molecule has 1 aliphatic carbocycles. The molecule has 2 aliphatic rings. The summed E-state index contributed by atoms with van der Waals surface area (Å²) in [7, 11) is 0. The average Bonchev–Trinajstić information content (AvgIpc) is 2.94. The molecule has 1 heterocycles. The first-order chi connectivity index (χ1) is 8.76. The Morgan fingerprint density at radius 3 is 2.72 bits per heavy atom. The highest BCUT2D eigenvalue weighted by atomic mass is 16.5. The molecule has 3 N–H and O–H groups in total. The van der Waals surface area contributed by atoms with Gasteiger partial charge in [-0.05, 0) is 57.0 Å². The molecule has 18 heavy (non-hydrogen) atoms. The van der Waals surface area contributed by atoms with E-state index in [4.69, 9.17) is 10.5 Å². The van der Waals surface area contributed by atoms with Crippen LogP contribution in [0.3, 0.4) is 0 Å². The van der Waals surface area contributed by atoms with E-state index in [9.17, 15) is 0 Å². The van der Waals surface area contributed by atoms with Gasteiger partial charge in [-0.25, -0.2) is 0 Å². The van der Waals surface area contributed by atoms with Crippen molar-refractivity contribution >= 4 is 0 Å². The van der Waals surface area contributed by atoms with Gasteiger partial charge in [0.15, 0.2) is 0 Å². The molecule has 2 rings (SSSR count). The molecule has 0 aromatic carbocycles. The van der Waals surface area contributed by atoms with Crippen molar-refractivity contribution in [3.63, 3.8) is 0 Å². The molecule has 1 saturated heterocycles. The summed E-state index contributed by atoms with van der Waals surface area (Å²) in [4.78, 5) is 0. The fourth-order valence-corrected chi connectivity index (χ4v) is 3.54. The largest absolute Gasteiger partial charge is 0.381 e. The minimum atomic E-state index is 0.442. The zero-order valence-corrected chi connectivity index (χ0v) is 11.9. The summed E-state index contributed by atoms with van der Waals surface area (Å²) < 4.78 is 5.46. The van der Waals surface area contributed by atoms with Gasteiger partial charge in [0.05, 0.1) is 6.61 Å². The third-order valence-corrected chi connectivity index (χ3v) is 5.14. The van der Waals surface area contributed by atoms with Gasteiger partial charge in [-0.1, -0.05) is 19.3 Å². The van der Waals surface area contributed by atoms with Gasteiger partial charge in [0.1, 0.15) is 0 Å². The predicted octanol–water partition coefficient (Wildman–Crippen LogP) is 2.30. The van der Waals surface area contributed by atoms with Crippen LogP contribution in [0.2, 0.25) is 0 Å². The molecular formula is C15H30N2O. The van der Waals surface area contributed by atoms with E-state index in [1.165, 1.54) is 44.9 Å². The molecule has 3 nitrogen and oxygen atoms in total. The zero-order valence-electron chi connectivity index (χ0n) is 11.9. The average molecular weight is 254 g/mol. The van der Waals surface area contributed by atoms with Crippen molar-refractivity contribution in [1.82, 2.24) is 5.32 Å². The van der Waals surface area contributed by atoms with Crippen molar-refractivity contribution in [2.45, 2.75) is 57.9 Å². The molecular weight excluding hydrogens is 224 g/mol. The molecule has 0 amide bonds. The van der Waals surface area contributed by atoms with Gasteiger partial charge in [-0.2, -0.15) is 0 Å². The fourth-order valence-electron chi connectivity index (χ4n) is 3.54. The minimum Gasteiger partial charge on any atom is -0.381 e. The van der Waals surface area contributed by atoms with Crippen LogP contribution in [0, 0.1) is 11.3 Å². The normalized spacial score (nSPS) is 29.3. The number of nitrogens with one attached hydrogen (secondary N) is 1. The number of hydrogen-bond donors (Lipinski definition) is 2. The maximum atomic E-state index is 6.03. The fraction of sp³-hybridized carbons (Fsp3) is 1.00. The van der Waals surface area contributed by atoms with E-state index in [1.54, 1.807) is 0 Å². The van der Waals surface area contributed by atoms with Gasteiger partial charge in [0, 0.05) is 12.6 Å². The molecule has 0 aromatic heterocycles. The van der Waals surface area contributed by atoms with Gasteiger partial charge in [-0.3, -0.25) is 0 Å². The molecule has 3 heteroatoms. The monoisotopic (exact) mass is 254 g/mol. The van der Waals surface area contributed by atoms with Crippen LogP contribution in [0.25, 0.3) is 0 Å². The van der Waals surface area contributed by atoms with Crippen LogP contribution in [0.15, 0.2) is 0 Å². The van der Waals surface area contributed by atoms with E-state index in [0.717, 1.165) is 26.3 Å². The van der Waals surface area contributed by atoms with Crippen LogP contribution in [0.5, 0.6) is 0 Å².